The molecule has 1 fully saturated rings. The average molecular weight is 243 g/mol. The van der Waals surface area contributed by atoms with E-state index in [2.05, 4.69) is 0 Å². The van der Waals surface area contributed by atoms with Crippen molar-refractivity contribution < 1.29 is 12.8 Å². The zero-order chi connectivity index (χ0) is 11.8. The fourth-order valence-electron chi connectivity index (χ4n) is 1.65. The van der Waals surface area contributed by atoms with E-state index in [1.54, 1.807) is 12.1 Å². The van der Waals surface area contributed by atoms with Gasteiger partial charge in [-0.2, -0.15) is 4.31 Å². The molecular weight excluding hydrogens is 229 g/mol. The van der Waals surface area contributed by atoms with E-state index in [0.717, 1.165) is 18.4 Å². The molecule has 5 heteroatoms. The van der Waals surface area contributed by atoms with Gasteiger partial charge in [-0.15, -0.1) is 0 Å². The molecule has 1 aliphatic rings. The first-order valence-electron chi connectivity index (χ1n) is 5.18. The molecule has 88 valence electrons. The molecule has 0 atom stereocenters. The minimum absolute atomic E-state index is 0.139. The summed E-state index contributed by atoms with van der Waals surface area (Å²) in [7, 11) is -3.17. The van der Waals surface area contributed by atoms with E-state index in [-0.39, 0.29) is 11.9 Å². The van der Waals surface area contributed by atoms with Gasteiger partial charge < -0.3 is 0 Å². The van der Waals surface area contributed by atoms with Crippen LogP contribution >= 0.6 is 0 Å². The second-order valence-electron chi connectivity index (χ2n) is 4.17. The summed E-state index contributed by atoms with van der Waals surface area (Å²) >= 11 is 0. The number of nitrogens with zero attached hydrogens (tertiary/aromatic N) is 1. The molecule has 0 bridgehead atoms. The number of benzene rings is 1. The summed E-state index contributed by atoms with van der Waals surface area (Å²) in [6.07, 6.45) is 3.07. The Morgan fingerprint density at radius 3 is 2.31 bits per heavy atom. The average Bonchev–Trinajstić information content (AvgIpc) is 2.98. The Kier molecular flexibility index (Phi) is 2.99. The van der Waals surface area contributed by atoms with Gasteiger partial charge in [-0.1, -0.05) is 12.1 Å². The molecular formula is C11H14FNO2S. The fourth-order valence-corrected chi connectivity index (χ4v) is 2.79. The van der Waals surface area contributed by atoms with Gasteiger partial charge in [-0.05, 0) is 30.5 Å². The lowest BCUT2D eigenvalue weighted by Gasteiger charge is -2.19. The smallest absolute Gasteiger partial charge is 0.211 e. The molecule has 0 spiro atoms. The van der Waals surface area contributed by atoms with E-state index in [4.69, 9.17) is 0 Å². The lowest BCUT2D eigenvalue weighted by molar-refractivity contribution is 0.402. The molecule has 0 heterocycles. The van der Waals surface area contributed by atoms with Gasteiger partial charge in [-0.25, -0.2) is 12.8 Å². The molecule has 1 aromatic rings. The maximum absolute atomic E-state index is 12.7. The Hall–Kier alpha value is -0.940. The van der Waals surface area contributed by atoms with E-state index in [0.29, 0.717) is 6.54 Å². The quantitative estimate of drug-likeness (QED) is 0.808. The van der Waals surface area contributed by atoms with Crippen molar-refractivity contribution in [2.24, 2.45) is 0 Å². The van der Waals surface area contributed by atoms with Crippen LogP contribution in [0.4, 0.5) is 4.39 Å². The molecule has 1 aromatic carbocycles. The van der Waals surface area contributed by atoms with Gasteiger partial charge in [0.2, 0.25) is 10.0 Å². The van der Waals surface area contributed by atoms with E-state index < -0.39 is 10.0 Å². The van der Waals surface area contributed by atoms with Crippen LogP contribution in [0.3, 0.4) is 0 Å². The zero-order valence-corrected chi connectivity index (χ0v) is 9.87. The van der Waals surface area contributed by atoms with Crippen molar-refractivity contribution in [2.75, 3.05) is 6.26 Å². The highest BCUT2D eigenvalue weighted by Crippen LogP contribution is 2.30. The molecule has 3 nitrogen and oxygen atoms in total. The van der Waals surface area contributed by atoms with Crippen LogP contribution in [-0.4, -0.2) is 25.0 Å². The number of rotatable bonds is 4. The minimum Gasteiger partial charge on any atom is -0.212 e. The molecule has 2 rings (SSSR count). The van der Waals surface area contributed by atoms with Crippen molar-refractivity contribution in [3.05, 3.63) is 35.6 Å². The van der Waals surface area contributed by atoms with Gasteiger partial charge in [0.15, 0.2) is 0 Å². The standard InChI is InChI=1S/C11H14FNO2S/c1-16(14,15)13(11-6-7-11)8-9-2-4-10(12)5-3-9/h2-5,11H,6-8H2,1H3. The van der Waals surface area contributed by atoms with Crippen LogP contribution in [0, 0.1) is 5.82 Å². The van der Waals surface area contributed by atoms with E-state index in [1.807, 2.05) is 0 Å². The van der Waals surface area contributed by atoms with Gasteiger partial charge in [0, 0.05) is 12.6 Å². The molecule has 1 saturated carbocycles. The van der Waals surface area contributed by atoms with Gasteiger partial charge in [0.25, 0.3) is 0 Å². The SMILES string of the molecule is CS(=O)(=O)N(Cc1ccc(F)cc1)C1CC1. The number of halogens is 1. The third-order valence-electron chi connectivity index (χ3n) is 2.63. The van der Waals surface area contributed by atoms with Crippen LogP contribution in [-0.2, 0) is 16.6 Å². The van der Waals surface area contributed by atoms with Crippen LogP contribution in [0.15, 0.2) is 24.3 Å². The fraction of sp³-hybridized carbons (Fsp3) is 0.455. The first-order valence-corrected chi connectivity index (χ1v) is 7.03. The Labute approximate surface area is 94.9 Å². The summed E-state index contributed by atoms with van der Waals surface area (Å²) in [5.41, 5.74) is 0.818. The number of sulfonamides is 1. The normalized spacial score (nSPS) is 16.7. The molecule has 0 aliphatic heterocycles. The summed E-state index contributed by atoms with van der Waals surface area (Å²) in [4.78, 5) is 0. The summed E-state index contributed by atoms with van der Waals surface area (Å²) < 4.78 is 37.3. The van der Waals surface area contributed by atoms with Gasteiger partial charge in [0.1, 0.15) is 5.82 Å². The molecule has 1 aliphatic carbocycles. The Morgan fingerprint density at radius 1 is 1.31 bits per heavy atom. The van der Waals surface area contributed by atoms with E-state index in [9.17, 15) is 12.8 Å². The highest BCUT2D eigenvalue weighted by atomic mass is 32.2. The minimum atomic E-state index is -3.17. The van der Waals surface area contributed by atoms with Gasteiger partial charge >= 0.3 is 0 Å². The van der Waals surface area contributed by atoms with Crippen molar-refractivity contribution in [3.63, 3.8) is 0 Å². The highest BCUT2D eigenvalue weighted by molar-refractivity contribution is 7.88. The van der Waals surface area contributed by atoms with Crippen molar-refractivity contribution in [1.82, 2.24) is 4.31 Å². The molecule has 0 unspecified atom stereocenters. The largest absolute Gasteiger partial charge is 0.212 e. The van der Waals surface area contributed by atoms with Crippen LogP contribution in [0.25, 0.3) is 0 Å². The Balaban J connectivity index is 2.15. The van der Waals surface area contributed by atoms with Crippen LogP contribution in [0.1, 0.15) is 18.4 Å². The lowest BCUT2D eigenvalue weighted by atomic mass is 10.2. The van der Waals surface area contributed by atoms with Crippen molar-refractivity contribution in [2.45, 2.75) is 25.4 Å². The van der Waals surface area contributed by atoms with Crippen LogP contribution < -0.4 is 0 Å². The summed E-state index contributed by atoms with van der Waals surface area (Å²) in [5.74, 6) is -0.305. The Morgan fingerprint density at radius 2 is 1.88 bits per heavy atom. The second kappa shape index (κ2) is 4.14. The first kappa shape index (κ1) is 11.5. The van der Waals surface area contributed by atoms with E-state index >= 15 is 0 Å². The number of hydrogen-bond acceptors (Lipinski definition) is 2. The molecule has 0 amide bonds. The van der Waals surface area contributed by atoms with Gasteiger partial charge in [-0.3, -0.25) is 0 Å². The molecule has 0 radical (unpaired) electrons. The maximum Gasteiger partial charge on any atom is 0.211 e. The lowest BCUT2D eigenvalue weighted by Crippen LogP contribution is -2.31. The predicted molar refractivity (Wildman–Crippen MR) is 59.8 cm³/mol. The van der Waals surface area contributed by atoms with Gasteiger partial charge in [0.05, 0.1) is 6.26 Å². The molecule has 0 aromatic heterocycles. The predicted octanol–water partition coefficient (Wildman–Crippen LogP) is 1.75. The molecule has 0 N–H and O–H groups in total. The van der Waals surface area contributed by atoms with Crippen molar-refractivity contribution in [3.8, 4) is 0 Å². The van der Waals surface area contributed by atoms with Crippen molar-refractivity contribution >= 4 is 10.0 Å². The van der Waals surface area contributed by atoms with E-state index in [1.165, 1.54) is 22.7 Å². The van der Waals surface area contributed by atoms with Crippen LogP contribution in [0.5, 0.6) is 0 Å². The topological polar surface area (TPSA) is 37.4 Å². The summed E-state index contributed by atoms with van der Waals surface area (Å²) in [5, 5.41) is 0. The maximum atomic E-state index is 12.7. The first-order chi connectivity index (χ1) is 7.47. The third kappa shape index (κ3) is 2.80. The van der Waals surface area contributed by atoms with Crippen molar-refractivity contribution in [1.29, 1.82) is 0 Å². The zero-order valence-electron chi connectivity index (χ0n) is 9.06. The Bertz CT molecular complexity index is 465. The third-order valence-corrected chi connectivity index (χ3v) is 3.91. The number of hydrogen-bond donors (Lipinski definition) is 0. The second-order valence-corrected chi connectivity index (χ2v) is 6.10. The van der Waals surface area contributed by atoms with Crippen LogP contribution in [0.2, 0.25) is 0 Å². The highest BCUT2D eigenvalue weighted by Gasteiger charge is 2.34. The monoisotopic (exact) mass is 243 g/mol. The summed E-state index contributed by atoms with van der Waals surface area (Å²) in [6, 6.07) is 6.08. The summed E-state index contributed by atoms with van der Waals surface area (Å²) in [6.45, 7) is 0.337. The molecule has 16 heavy (non-hydrogen) atoms. The molecule has 0 saturated heterocycles.